The average Bonchev–Trinajstić information content (AvgIpc) is 3.59. The van der Waals surface area contributed by atoms with Gasteiger partial charge < -0.3 is 39.0 Å². The topological polar surface area (TPSA) is 175 Å². The number of rotatable bonds is 61. The van der Waals surface area contributed by atoms with Gasteiger partial charge in [-0.1, -0.05) is 282 Å². The van der Waals surface area contributed by atoms with E-state index < -0.39 is 67.3 Å². The van der Waals surface area contributed by atoms with E-state index in [4.69, 9.17) is 23.7 Å². The lowest BCUT2D eigenvalue weighted by atomic mass is 9.98. The van der Waals surface area contributed by atoms with Crippen LogP contribution in [0.3, 0.4) is 0 Å². The maximum atomic E-state index is 13.2. The normalized spacial score (nSPS) is 17.7. The molecule has 0 aromatic carbocycles. The van der Waals surface area contributed by atoms with E-state index in [1.165, 1.54) is 199 Å². The minimum absolute atomic E-state index is 0.0659. The summed E-state index contributed by atoms with van der Waals surface area (Å²) in [5, 5.41) is 31.7. The largest absolute Gasteiger partial charge is 0.479 e. The Hall–Kier alpha value is -3.06. The van der Waals surface area contributed by atoms with Gasteiger partial charge >= 0.3 is 23.9 Å². The van der Waals surface area contributed by atoms with E-state index in [9.17, 15) is 34.5 Å². The van der Waals surface area contributed by atoms with Gasteiger partial charge in [-0.25, -0.2) is 4.79 Å². The zero-order valence-corrected chi connectivity index (χ0v) is 53.7. The van der Waals surface area contributed by atoms with Crippen molar-refractivity contribution < 1.29 is 58.2 Å². The van der Waals surface area contributed by atoms with Gasteiger partial charge in [0.25, 0.3) is 0 Å². The van der Waals surface area contributed by atoms with Gasteiger partial charge in [0.1, 0.15) is 18.8 Å². The Morgan fingerprint density at radius 2 is 0.723 bits per heavy atom. The maximum Gasteiger partial charge on any atom is 0.335 e. The lowest BCUT2D eigenvalue weighted by molar-refractivity contribution is -0.301. The van der Waals surface area contributed by atoms with Gasteiger partial charge in [0.2, 0.25) is 0 Å². The number of hydrogen-bond donors (Lipinski definition) is 3. The zero-order chi connectivity index (χ0) is 60.3. The molecule has 3 N–H and O–H groups in total. The van der Waals surface area contributed by atoms with Gasteiger partial charge in [0, 0.05) is 19.3 Å². The predicted octanol–water partition coefficient (Wildman–Crippen LogP) is 19.1. The Morgan fingerprint density at radius 1 is 0.398 bits per heavy atom. The predicted molar refractivity (Wildman–Crippen MR) is 340 cm³/mol. The molecule has 6 atom stereocenters. The molecule has 484 valence electrons. The van der Waals surface area contributed by atoms with E-state index in [0.29, 0.717) is 19.3 Å². The first-order chi connectivity index (χ1) is 40.6. The Morgan fingerprint density at radius 3 is 1.12 bits per heavy atom. The molecule has 0 radical (unpaired) electrons. The van der Waals surface area contributed by atoms with E-state index in [1.807, 2.05) is 0 Å². The van der Waals surface area contributed by atoms with Gasteiger partial charge in [0.05, 0.1) is 6.61 Å². The first-order valence-corrected chi connectivity index (χ1v) is 35.0. The summed E-state index contributed by atoms with van der Waals surface area (Å²) in [6.45, 7) is 6.03. The van der Waals surface area contributed by atoms with Crippen LogP contribution in [0.2, 0.25) is 0 Å². The van der Waals surface area contributed by atoms with Crippen LogP contribution in [0.25, 0.3) is 0 Å². The number of carboxylic acids is 1. The fraction of sp³-hybridized carbons (Fsp3) is 0.859. The van der Waals surface area contributed by atoms with Crippen LogP contribution in [-0.4, -0.2) is 89.2 Å². The fourth-order valence-electron chi connectivity index (χ4n) is 10.8. The monoisotopic (exact) mass is 1170 g/mol. The molecule has 6 unspecified atom stereocenters. The number of carbonyl (C=O) groups excluding carboxylic acids is 3. The van der Waals surface area contributed by atoms with Crippen molar-refractivity contribution in [3.63, 3.8) is 0 Å². The molecule has 12 heteroatoms. The standard InChI is InChI=1S/C71H128O12/c1-4-7-10-13-16-19-22-25-28-31-32-35-36-39-42-45-48-51-54-57-63(72)79-60-62(81-64(73)58-55-52-49-46-43-40-37-33-29-26-23-20-17-14-11-8-5-2)61-80-71-69(67(76)66(75)68(83-71)70(77)78)82-65(74)59-56-53-50-47-44-41-38-34-30-27-24-21-18-15-12-9-6-3/h16,19,25-26,28-29,62,66-69,71,75-76H,4-15,17-18,20-24,27,30-61H2,1-3H3,(H,77,78)/b19-16-,28-25-,29-26-. The molecular formula is C71H128O12. The summed E-state index contributed by atoms with van der Waals surface area (Å²) >= 11 is 0. The van der Waals surface area contributed by atoms with Gasteiger partial charge in [0.15, 0.2) is 24.6 Å². The maximum absolute atomic E-state index is 13.2. The summed E-state index contributed by atoms with van der Waals surface area (Å²) in [6.07, 6.45) is 59.5. The molecule has 1 heterocycles. The van der Waals surface area contributed by atoms with Crippen LogP contribution in [0.1, 0.15) is 342 Å². The highest BCUT2D eigenvalue weighted by Gasteiger charge is 2.50. The summed E-state index contributed by atoms with van der Waals surface area (Å²) in [6, 6.07) is 0. The minimum Gasteiger partial charge on any atom is -0.479 e. The van der Waals surface area contributed by atoms with Crippen molar-refractivity contribution >= 4 is 23.9 Å². The molecule has 1 fully saturated rings. The molecule has 0 saturated carbocycles. The van der Waals surface area contributed by atoms with Gasteiger partial charge in [-0.2, -0.15) is 0 Å². The highest BCUT2D eigenvalue weighted by Crippen LogP contribution is 2.27. The molecule has 0 amide bonds. The van der Waals surface area contributed by atoms with E-state index in [1.54, 1.807) is 0 Å². The molecule has 1 rings (SSSR count). The lowest BCUT2D eigenvalue weighted by Gasteiger charge is -2.40. The molecule has 0 bridgehead atoms. The molecule has 0 aromatic heterocycles. The third-order valence-corrected chi connectivity index (χ3v) is 16.2. The van der Waals surface area contributed by atoms with Crippen LogP contribution >= 0.6 is 0 Å². The van der Waals surface area contributed by atoms with E-state index in [0.717, 1.165) is 83.5 Å². The second-order valence-corrected chi connectivity index (χ2v) is 24.2. The molecule has 1 aliphatic heterocycles. The van der Waals surface area contributed by atoms with Crippen molar-refractivity contribution in [1.82, 2.24) is 0 Å². The van der Waals surface area contributed by atoms with Gasteiger partial charge in [-0.15, -0.1) is 0 Å². The minimum atomic E-state index is -1.90. The average molecular weight is 1170 g/mol. The van der Waals surface area contributed by atoms with Crippen LogP contribution in [0.15, 0.2) is 36.5 Å². The molecule has 1 aliphatic rings. The SMILES string of the molecule is CCCCC/C=C\C/C=C\CCCCCCCCCCCC(=O)OCC(COC1OC(C(=O)O)C(O)C(O)C1OC(=O)CCCCCCCCCCCCCCCCCCC)OC(=O)CCCCCCCCC/C=C\CCCCCCCC. The first kappa shape index (κ1) is 78.0. The smallest absolute Gasteiger partial charge is 0.335 e. The van der Waals surface area contributed by atoms with Crippen molar-refractivity contribution in [2.45, 2.75) is 379 Å². The first-order valence-electron chi connectivity index (χ1n) is 35.0. The Labute approximate surface area is 508 Å². The molecule has 83 heavy (non-hydrogen) atoms. The van der Waals surface area contributed by atoms with Crippen LogP contribution in [-0.2, 0) is 42.9 Å². The third-order valence-electron chi connectivity index (χ3n) is 16.2. The zero-order valence-electron chi connectivity index (χ0n) is 53.7. The molecular weight excluding hydrogens is 1040 g/mol. The molecule has 0 aromatic rings. The summed E-state index contributed by atoms with van der Waals surface area (Å²) in [4.78, 5) is 51.5. The molecule has 1 saturated heterocycles. The number of allylic oxidation sites excluding steroid dienone is 6. The number of hydrogen-bond acceptors (Lipinski definition) is 11. The van der Waals surface area contributed by atoms with Crippen molar-refractivity contribution in [3.05, 3.63) is 36.5 Å². The quantitative estimate of drug-likeness (QED) is 0.0228. The molecule has 0 spiro atoms. The van der Waals surface area contributed by atoms with E-state index >= 15 is 0 Å². The number of aliphatic hydroxyl groups excluding tert-OH is 2. The molecule has 0 aliphatic carbocycles. The summed E-state index contributed by atoms with van der Waals surface area (Å²) in [7, 11) is 0. The van der Waals surface area contributed by atoms with E-state index in [-0.39, 0.29) is 25.9 Å². The number of aliphatic carboxylic acids is 1. The number of aliphatic hydroxyl groups is 2. The second kappa shape index (κ2) is 59.3. The number of ether oxygens (including phenoxy) is 5. The Balaban J connectivity index is 2.62. The van der Waals surface area contributed by atoms with Crippen molar-refractivity contribution in [2.24, 2.45) is 0 Å². The number of carboxylic acid groups (broad SMARTS) is 1. The van der Waals surface area contributed by atoms with Gasteiger partial charge in [-0.3, -0.25) is 14.4 Å². The summed E-state index contributed by atoms with van der Waals surface area (Å²) in [5.41, 5.74) is 0. The highest BCUT2D eigenvalue weighted by atomic mass is 16.7. The van der Waals surface area contributed by atoms with Crippen LogP contribution in [0.4, 0.5) is 0 Å². The van der Waals surface area contributed by atoms with Crippen molar-refractivity contribution in [2.75, 3.05) is 13.2 Å². The van der Waals surface area contributed by atoms with Gasteiger partial charge in [-0.05, 0) is 77.0 Å². The van der Waals surface area contributed by atoms with Crippen molar-refractivity contribution in [1.29, 1.82) is 0 Å². The van der Waals surface area contributed by atoms with Crippen LogP contribution < -0.4 is 0 Å². The number of carbonyl (C=O) groups is 4. The Bertz CT molecular complexity index is 1580. The second-order valence-electron chi connectivity index (χ2n) is 24.2. The summed E-state index contributed by atoms with van der Waals surface area (Å²) < 4.78 is 28.6. The summed E-state index contributed by atoms with van der Waals surface area (Å²) in [5.74, 6) is -3.09. The van der Waals surface area contributed by atoms with Crippen LogP contribution in [0.5, 0.6) is 0 Å². The fourth-order valence-corrected chi connectivity index (χ4v) is 10.8. The van der Waals surface area contributed by atoms with Crippen LogP contribution in [0, 0.1) is 0 Å². The molecule has 12 nitrogen and oxygen atoms in total. The lowest BCUT2D eigenvalue weighted by Crippen LogP contribution is -2.61. The van der Waals surface area contributed by atoms with E-state index in [2.05, 4.69) is 57.2 Å². The van der Waals surface area contributed by atoms with Crippen molar-refractivity contribution in [3.8, 4) is 0 Å². The number of unbranched alkanes of at least 4 members (excludes halogenated alkanes) is 41. The third kappa shape index (κ3) is 48.7. The number of esters is 3. The highest BCUT2D eigenvalue weighted by molar-refractivity contribution is 5.74. The Kier molecular flexibility index (Phi) is 55.7.